The Balaban J connectivity index is 1.96. The van der Waals surface area contributed by atoms with Crippen LogP contribution in [0.25, 0.3) is 0 Å². The van der Waals surface area contributed by atoms with Crippen molar-refractivity contribution in [2.24, 2.45) is 0 Å². The number of carbonyl (C=O) groups excluding carboxylic acids is 1. The average Bonchev–Trinajstić information content (AvgIpc) is 2.74. The summed E-state index contributed by atoms with van der Waals surface area (Å²) >= 11 is 1.53. The van der Waals surface area contributed by atoms with Gasteiger partial charge in [-0.15, -0.1) is 11.8 Å². The maximum absolute atomic E-state index is 12.7. The zero-order valence-electron chi connectivity index (χ0n) is 13.8. The van der Waals surface area contributed by atoms with Gasteiger partial charge in [0.2, 0.25) is 5.91 Å². The third-order valence-electron chi connectivity index (χ3n) is 3.72. The predicted octanol–water partition coefficient (Wildman–Crippen LogP) is 3.24. The molecule has 132 valence electrons. The Labute approximate surface area is 151 Å². The number of amides is 1. The molecule has 0 saturated heterocycles. The molecule has 1 aliphatic rings. The largest absolute Gasteiger partial charge is 0.495 e. The van der Waals surface area contributed by atoms with E-state index in [9.17, 15) is 13.2 Å². The van der Waals surface area contributed by atoms with Crippen LogP contribution in [0.1, 0.15) is 12.0 Å². The summed E-state index contributed by atoms with van der Waals surface area (Å²) in [6.07, 6.45) is 0.403. The van der Waals surface area contributed by atoms with E-state index in [4.69, 9.17) is 4.74 Å². The van der Waals surface area contributed by atoms with Gasteiger partial charge in [-0.25, -0.2) is 8.42 Å². The normalized spacial score (nSPS) is 14.2. The van der Waals surface area contributed by atoms with Crippen LogP contribution in [0.4, 0.5) is 11.4 Å². The number of fused-ring (bicyclic) bond motifs is 1. The quantitative estimate of drug-likeness (QED) is 0.853. The SMILES string of the molecule is COc1ccc(C)cc1NS(=O)(=O)c1ccc2c(c1)NC(=O)CCS2. The molecule has 0 fully saturated rings. The molecule has 0 aliphatic carbocycles. The molecule has 2 aromatic rings. The molecule has 0 saturated carbocycles. The van der Waals surface area contributed by atoms with E-state index in [1.165, 1.54) is 31.0 Å². The molecule has 2 N–H and O–H groups in total. The summed E-state index contributed by atoms with van der Waals surface area (Å²) in [6, 6.07) is 9.99. The van der Waals surface area contributed by atoms with Gasteiger partial charge in [0.1, 0.15) is 5.75 Å². The highest BCUT2D eigenvalue weighted by Crippen LogP contribution is 2.34. The summed E-state index contributed by atoms with van der Waals surface area (Å²) < 4.78 is 33.3. The van der Waals surface area contributed by atoms with E-state index in [-0.39, 0.29) is 10.8 Å². The van der Waals surface area contributed by atoms with E-state index in [0.29, 0.717) is 29.3 Å². The lowest BCUT2D eigenvalue weighted by Gasteiger charge is -2.14. The standard InChI is InChI=1S/C17H18N2O4S2/c1-11-3-5-15(23-2)13(9-11)19-25(21,22)12-4-6-16-14(10-12)18-17(20)7-8-24-16/h3-6,9-10,19H,7-8H2,1-2H3,(H,18,20). The first-order valence-electron chi connectivity index (χ1n) is 7.63. The van der Waals surface area contributed by atoms with E-state index >= 15 is 0 Å². The number of ether oxygens (including phenoxy) is 1. The fourth-order valence-electron chi connectivity index (χ4n) is 2.47. The van der Waals surface area contributed by atoms with E-state index in [2.05, 4.69) is 10.0 Å². The molecule has 2 aromatic carbocycles. The number of anilines is 2. The lowest BCUT2D eigenvalue weighted by molar-refractivity contribution is -0.115. The second kappa shape index (κ2) is 6.97. The highest BCUT2D eigenvalue weighted by Gasteiger charge is 2.20. The molecule has 8 heteroatoms. The Kier molecular flexibility index (Phi) is 4.91. The van der Waals surface area contributed by atoms with Crippen LogP contribution < -0.4 is 14.8 Å². The Hall–Kier alpha value is -2.19. The summed E-state index contributed by atoms with van der Waals surface area (Å²) in [5, 5.41) is 2.75. The minimum Gasteiger partial charge on any atom is -0.495 e. The highest BCUT2D eigenvalue weighted by molar-refractivity contribution is 7.99. The average molecular weight is 378 g/mol. The van der Waals surface area contributed by atoms with E-state index in [0.717, 1.165) is 10.5 Å². The van der Waals surface area contributed by atoms with Gasteiger partial charge in [0.25, 0.3) is 10.0 Å². The summed E-state index contributed by atoms with van der Waals surface area (Å²) in [5.74, 6) is 0.992. The van der Waals surface area contributed by atoms with Gasteiger partial charge in [0.15, 0.2) is 0 Å². The van der Waals surface area contributed by atoms with Crippen molar-refractivity contribution in [1.82, 2.24) is 0 Å². The first-order valence-corrected chi connectivity index (χ1v) is 10.1. The Morgan fingerprint density at radius 1 is 1.20 bits per heavy atom. The number of methoxy groups -OCH3 is 1. The fourth-order valence-corrected chi connectivity index (χ4v) is 4.50. The molecule has 0 spiro atoms. The van der Waals surface area contributed by atoms with Crippen LogP contribution in [0.2, 0.25) is 0 Å². The van der Waals surface area contributed by atoms with Crippen LogP contribution in [-0.4, -0.2) is 27.2 Å². The van der Waals surface area contributed by atoms with Crippen LogP contribution >= 0.6 is 11.8 Å². The van der Waals surface area contributed by atoms with Gasteiger partial charge in [-0.05, 0) is 42.8 Å². The molecule has 0 radical (unpaired) electrons. The van der Waals surface area contributed by atoms with Crippen molar-refractivity contribution in [2.75, 3.05) is 22.9 Å². The topological polar surface area (TPSA) is 84.5 Å². The van der Waals surface area contributed by atoms with Crippen LogP contribution in [-0.2, 0) is 14.8 Å². The lowest BCUT2D eigenvalue weighted by Crippen LogP contribution is -2.15. The first-order chi connectivity index (χ1) is 11.9. The van der Waals surface area contributed by atoms with E-state index < -0.39 is 10.0 Å². The molecule has 0 atom stereocenters. The van der Waals surface area contributed by atoms with Gasteiger partial charge in [-0.3, -0.25) is 9.52 Å². The fraction of sp³-hybridized carbons (Fsp3) is 0.235. The van der Waals surface area contributed by atoms with Crippen molar-refractivity contribution in [1.29, 1.82) is 0 Å². The van der Waals surface area contributed by atoms with Gasteiger partial charge in [0, 0.05) is 17.1 Å². The molecule has 0 unspecified atom stereocenters. The zero-order chi connectivity index (χ0) is 18.0. The van der Waals surface area contributed by atoms with Gasteiger partial charge >= 0.3 is 0 Å². The third-order valence-corrected chi connectivity index (χ3v) is 6.16. The number of rotatable bonds is 4. The van der Waals surface area contributed by atoms with Crippen molar-refractivity contribution in [3.63, 3.8) is 0 Å². The molecule has 3 rings (SSSR count). The molecule has 0 bridgehead atoms. The summed E-state index contributed by atoms with van der Waals surface area (Å²) in [4.78, 5) is 12.7. The van der Waals surface area contributed by atoms with Crippen LogP contribution in [0.15, 0.2) is 46.2 Å². The number of sulfonamides is 1. The van der Waals surface area contributed by atoms with Gasteiger partial charge < -0.3 is 10.1 Å². The first kappa shape index (κ1) is 17.6. The molecule has 1 amide bonds. The molecule has 6 nitrogen and oxygen atoms in total. The smallest absolute Gasteiger partial charge is 0.262 e. The third kappa shape index (κ3) is 3.91. The molecule has 1 aliphatic heterocycles. The predicted molar refractivity (Wildman–Crippen MR) is 99.0 cm³/mol. The minimum atomic E-state index is -3.82. The molecule has 25 heavy (non-hydrogen) atoms. The highest BCUT2D eigenvalue weighted by atomic mass is 32.2. The molecule has 1 heterocycles. The van der Waals surface area contributed by atoms with Crippen molar-refractivity contribution >= 4 is 39.1 Å². The van der Waals surface area contributed by atoms with Gasteiger partial charge in [-0.1, -0.05) is 6.07 Å². The second-order valence-electron chi connectivity index (χ2n) is 5.61. The number of aryl methyl sites for hydroxylation is 1. The van der Waals surface area contributed by atoms with Crippen LogP contribution in [0, 0.1) is 6.92 Å². The van der Waals surface area contributed by atoms with Gasteiger partial charge in [0.05, 0.1) is 23.4 Å². The molecular weight excluding hydrogens is 360 g/mol. The number of nitrogens with one attached hydrogen (secondary N) is 2. The number of hydrogen-bond donors (Lipinski definition) is 2. The zero-order valence-corrected chi connectivity index (χ0v) is 15.5. The van der Waals surface area contributed by atoms with Gasteiger partial charge in [-0.2, -0.15) is 0 Å². The Morgan fingerprint density at radius 2 is 2.00 bits per heavy atom. The monoisotopic (exact) mass is 378 g/mol. The summed E-state index contributed by atoms with van der Waals surface area (Å²) in [7, 11) is -2.33. The summed E-state index contributed by atoms with van der Waals surface area (Å²) in [5.41, 5.74) is 1.80. The Morgan fingerprint density at radius 3 is 2.76 bits per heavy atom. The number of benzene rings is 2. The van der Waals surface area contributed by atoms with Crippen molar-refractivity contribution in [3.05, 3.63) is 42.0 Å². The van der Waals surface area contributed by atoms with Crippen molar-refractivity contribution in [2.45, 2.75) is 23.1 Å². The van der Waals surface area contributed by atoms with E-state index in [1.807, 2.05) is 13.0 Å². The van der Waals surface area contributed by atoms with Crippen molar-refractivity contribution in [3.8, 4) is 5.75 Å². The maximum atomic E-state index is 12.7. The maximum Gasteiger partial charge on any atom is 0.262 e. The van der Waals surface area contributed by atoms with Crippen molar-refractivity contribution < 1.29 is 17.9 Å². The number of carbonyl (C=O) groups is 1. The van der Waals surface area contributed by atoms with E-state index in [1.54, 1.807) is 18.2 Å². The molecule has 0 aromatic heterocycles. The lowest BCUT2D eigenvalue weighted by atomic mass is 10.2. The second-order valence-corrected chi connectivity index (χ2v) is 8.43. The molecular formula is C17H18N2O4S2. The minimum absolute atomic E-state index is 0.0811. The number of thioether (sulfide) groups is 1. The van der Waals surface area contributed by atoms with Crippen LogP contribution in [0.3, 0.4) is 0 Å². The summed E-state index contributed by atoms with van der Waals surface area (Å²) in [6.45, 7) is 1.87. The number of hydrogen-bond acceptors (Lipinski definition) is 5. The Bertz CT molecular complexity index is 926. The van der Waals surface area contributed by atoms with Crippen LogP contribution in [0.5, 0.6) is 5.75 Å².